The predicted octanol–water partition coefficient (Wildman–Crippen LogP) is 6.69. The van der Waals surface area contributed by atoms with Crippen LogP contribution in [-0.4, -0.2) is 0 Å². The van der Waals surface area contributed by atoms with Crippen LogP contribution in [-0.2, 0) is 5.41 Å². The van der Waals surface area contributed by atoms with E-state index >= 15 is 0 Å². The SMILES string of the molecule is Cc1ccc(C(c2ccccc2)(c2ccccc2)c2ccc(C)cc2)cc1. The van der Waals surface area contributed by atoms with Gasteiger partial charge in [0, 0.05) is 0 Å². The van der Waals surface area contributed by atoms with Crippen LogP contribution in [0.4, 0.5) is 0 Å². The summed E-state index contributed by atoms with van der Waals surface area (Å²) in [5.74, 6) is 0. The van der Waals surface area contributed by atoms with Crippen LogP contribution in [0, 0.1) is 13.8 Å². The molecule has 0 saturated heterocycles. The molecule has 0 heterocycles. The molecule has 0 spiro atoms. The van der Waals surface area contributed by atoms with Gasteiger partial charge in [-0.15, -0.1) is 0 Å². The number of benzene rings is 4. The molecule has 0 saturated carbocycles. The van der Waals surface area contributed by atoms with Crippen molar-refractivity contribution in [1.82, 2.24) is 0 Å². The minimum atomic E-state index is -0.343. The van der Waals surface area contributed by atoms with Crippen LogP contribution in [0.3, 0.4) is 0 Å². The minimum absolute atomic E-state index is 0.343. The molecule has 0 heteroatoms. The Labute approximate surface area is 162 Å². The lowest BCUT2D eigenvalue weighted by Gasteiger charge is -2.37. The summed E-state index contributed by atoms with van der Waals surface area (Å²) >= 11 is 0. The first-order valence-electron chi connectivity index (χ1n) is 9.46. The van der Waals surface area contributed by atoms with Gasteiger partial charge in [0.2, 0.25) is 0 Å². The molecule has 4 aromatic carbocycles. The zero-order valence-electron chi connectivity index (χ0n) is 15.9. The number of hydrogen-bond donors (Lipinski definition) is 0. The van der Waals surface area contributed by atoms with Crippen molar-refractivity contribution in [3.05, 3.63) is 143 Å². The Morgan fingerprint density at radius 2 is 0.667 bits per heavy atom. The van der Waals surface area contributed by atoms with E-state index < -0.39 is 0 Å². The molecule has 0 aliphatic rings. The van der Waals surface area contributed by atoms with Crippen molar-refractivity contribution in [2.75, 3.05) is 0 Å². The quantitative estimate of drug-likeness (QED) is 0.361. The molecule has 0 radical (unpaired) electrons. The molecule has 0 amide bonds. The summed E-state index contributed by atoms with van der Waals surface area (Å²) in [7, 11) is 0. The highest BCUT2D eigenvalue weighted by atomic mass is 14.4. The van der Waals surface area contributed by atoms with Crippen LogP contribution >= 0.6 is 0 Å². The molecule has 0 aliphatic heterocycles. The maximum Gasteiger partial charge on any atom is 0.0701 e. The summed E-state index contributed by atoms with van der Waals surface area (Å²) in [6, 6.07) is 39.6. The molecule has 0 nitrogen and oxygen atoms in total. The van der Waals surface area contributed by atoms with E-state index in [1.54, 1.807) is 0 Å². The molecule has 0 bridgehead atoms. The number of hydrogen-bond acceptors (Lipinski definition) is 0. The van der Waals surface area contributed by atoms with Crippen molar-refractivity contribution in [2.24, 2.45) is 0 Å². The second kappa shape index (κ2) is 7.25. The standard InChI is InChI=1S/C27H24/c1-21-13-17-25(18-14-21)27(23-9-5-3-6-10-23,24-11-7-4-8-12-24)26-19-15-22(2)16-20-26/h3-20H,1-2H3. The van der Waals surface area contributed by atoms with Gasteiger partial charge in [-0.1, -0.05) is 120 Å². The van der Waals surface area contributed by atoms with E-state index in [2.05, 4.69) is 123 Å². The van der Waals surface area contributed by atoms with Gasteiger partial charge in [0.15, 0.2) is 0 Å². The molecular weight excluding hydrogens is 324 g/mol. The molecule has 0 fully saturated rings. The molecule has 27 heavy (non-hydrogen) atoms. The molecule has 0 aromatic heterocycles. The smallest absolute Gasteiger partial charge is 0.0622 e. The van der Waals surface area contributed by atoms with Crippen molar-refractivity contribution >= 4 is 0 Å². The Bertz CT molecular complexity index is 908. The Kier molecular flexibility index (Phi) is 4.64. The molecular formula is C27H24. The first-order valence-corrected chi connectivity index (χ1v) is 9.46. The van der Waals surface area contributed by atoms with E-state index in [1.807, 2.05) is 0 Å². The average Bonchev–Trinajstić information content (AvgIpc) is 2.73. The van der Waals surface area contributed by atoms with Crippen LogP contribution in [0.5, 0.6) is 0 Å². The van der Waals surface area contributed by atoms with E-state index in [4.69, 9.17) is 0 Å². The van der Waals surface area contributed by atoms with Gasteiger partial charge in [-0.3, -0.25) is 0 Å². The topological polar surface area (TPSA) is 0 Å². The van der Waals surface area contributed by atoms with Gasteiger partial charge >= 0.3 is 0 Å². The normalized spacial score (nSPS) is 11.3. The summed E-state index contributed by atoms with van der Waals surface area (Å²) in [5, 5.41) is 0. The Balaban J connectivity index is 2.11. The Morgan fingerprint density at radius 3 is 1.00 bits per heavy atom. The van der Waals surface area contributed by atoms with Crippen LogP contribution in [0.25, 0.3) is 0 Å². The summed E-state index contributed by atoms with van der Waals surface area (Å²) in [6.45, 7) is 4.28. The summed E-state index contributed by atoms with van der Waals surface area (Å²) in [5.41, 5.74) is 7.34. The largest absolute Gasteiger partial charge is 0.0701 e. The van der Waals surface area contributed by atoms with E-state index in [0.29, 0.717) is 0 Å². The van der Waals surface area contributed by atoms with Gasteiger partial charge in [0.05, 0.1) is 5.41 Å². The molecule has 4 rings (SSSR count). The summed E-state index contributed by atoms with van der Waals surface area (Å²) < 4.78 is 0. The predicted molar refractivity (Wildman–Crippen MR) is 114 cm³/mol. The summed E-state index contributed by atoms with van der Waals surface area (Å²) in [4.78, 5) is 0. The van der Waals surface area contributed by atoms with Crippen molar-refractivity contribution in [2.45, 2.75) is 19.3 Å². The third-order valence-electron chi connectivity index (χ3n) is 5.38. The summed E-state index contributed by atoms with van der Waals surface area (Å²) in [6.07, 6.45) is 0. The minimum Gasteiger partial charge on any atom is -0.0622 e. The van der Waals surface area contributed by atoms with Crippen LogP contribution < -0.4 is 0 Å². The lowest BCUT2D eigenvalue weighted by Crippen LogP contribution is -2.31. The third kappa shape index (κ3) is 3.08. The highest BCUT2D eigenvalue weighted by Gasteiger charge is 2.37. The van der Waals surface area contributed by atoms with Crippen molar-refractivity contribution < 1.29 is 0 Å². The van der Waals surface area contributed by atoms with E-state index in [1.165, 1.54) is 33.4 Å². The third-order valence-corrected chi connectivity index (χ3v) is 5.38. The van der Waals surface area contributed by atoms with Gasteiger partial charge in [0.1, 0.15) is 0 Å². The van der Waals surface area contributed by atoms with Crippen molar-refractivity contribution in [1.29, 1.82) is 0 Å². The second-order valence-corrected chi connectivity index (χ2v) is 7.21. The highest BCUT2D eigenvalue weighted by Crippen LogP contribution is 2.45. The van der Waals surface area contributed by atoms with Crippen molar-refractivity contribution in [3.8, 4) is 0 Å². The lowest BCUT2D eigenvalue weighted by atomic mass is 9.65. The molecule has 0 aliphatic carbocycles. The zero-order chi connectivity index (χ0) is 18.7. The maximum atomic E-state index is 2.27. The average molecular weight is 348 g/mol. The van der Waals surface area contributed by atoms with Gasteiger partial charge in [-0.05, 0) is 36.1 Å². The first kappa shape index (κ1) is 17.3. The molecule has 132 valence electrons. The fourth-order valence-corrected chi connectivity index (χ4v) is 3.98. The molecule has 0 atom stereocenters. The number of aryl methyl sites for hydroxylation is 2. The van der Waals surface area contributed by atoms with Crippen LogP contribution in [0.2, 0.25) is 0 Å². The van der Waals surface area contributed by atoms with Crippen molar-refractivity contribution in [3.63, 3.8) is 0 Å². The van der Waals surface area contributed by atoms with Crippen LogP contribution in [0.1, 0.15) is 33.4 Å². The molecule has 0 unspecified atom stereocenters. The zero-order valence-corrected chi connectivity index (χ0v) is 15.9. The monoisotopic (exact) mass is 348 g/mol. The van der Waals surface area contributed by atoms with E-state index in [0.717, 1.165) is 0 Å². The number of rotatable bonds is 4. The fraction of sp³-hybridized carbons (Fsp3) is 0.111. The lowest BCUT2D eigenvalue weighted by molar-refractivity contribution is 0.744. The first-order chi connectivity index (χ1) is 13.2. The second-order valence-electron chi connectivity index (χ2n) is 7.21. The maximum absolute atomic E-state index is 2.27. The Hall–Kier alpha value is -3.12. The van der Waals surface area contributed by atoms with E-state index in [-0.39, 0.29) is 5.41 Å². The Morgan fingerprint density at radius 1 is 0.370 bits per heavy atom. The van der Waals surface area contributed by atoms with Gasteiger partial charge in [-0.2, -0.15) is 0 Å². The van der Waals surface area contributed by atoms with Gasteiger partial charge in [0.25, 0.3) is 0 Å². The molecule has 4 aromatic rings. The molecule has 0 N–H and O–H groups in total. The van der Waals surface area contributed by atoms with E-state index in [9.17, 15) is 0 Å². The fourth-order valence-electron chi connectivity index (χ4n) is 3.98. The van der Waals surface area contributed by atoms with Gasteiger partial charge in [-0.25, -0.2) is 0 Å². The van der Waals surface area contributed by atoms with Gasteiger partial charge < -0.3 is 0 Å². The highest BCUT2D eigenvalue weighted by molar-refractivity contribution is 5.60. The van der Waals surface area contributed by atoms with Crippen LogP contribution in [0.15, 0.2) is 109 Å².